The Balaban J connectivity index is 1.79. The van der Waals surface area contributed by atoms with Gasteiger partial charge in [-0.05, 0) is 54.4 Å². The van der Waals surface area contributed by atoms with Gasteiger partial charge in [0.25, 0.3) is 5.91 Å². The smallest absolute Gasteiger partial charge is 0.254 e. The van der Waals surface area contributed by atoms with Crippen molar-refractivity contribution < 1.29 is 17.6 Å². The lowest BCUT2D eigenvalue weighted by molar-refractivity contribution is 0.0784. The molecular weight excluding hydrogens is 402 g/mol. The molecule has 0 saturated heterocycles. The van der Waals surface area contributed by atoms with E-state index in [1.54, 1.807) is 50.4 Å². The lowest BCUT2D eigenvalue weighted by Crippen LogP contribution is -2.28. The molecule has 1 heterocycles. The Morgan fingerprint density at radius 2 is 1.97 bits per heavy atom. The zero-order valence-corrected chi connectivity index (χ0v) is 17.4. The minimum atomic E-state index is -3.82. The van der Waals surface area contributed by atoms with Gasteiger partial charge in [-0.3, -0.25) is 4.79 Å². The maximum absolute atomic E-state index is 13.0. The summed E-state index contributed by atoms with van der Waals surface area (Å²) in [6, 6.07) is 16.9. The zero-order chi connectivity index (χ0) is 21.7. The third-order valence-corrected chi connectivity index (χ3v) is 5.99. The van der Waals surface area contributed by atoms with Crippen molar-refractivity contribution in [2.24, 2.45) is 0 Å². The normalized spacial score (nSPS) is 11.1. The van der Waals surface area contributed by atoms with Crippen LogP contribution in [0.1, 0.15) is 32.8 Å². The molecule has 0 bridgehead atoms. The second-order valence-electron chi connectivity index (χ2n) is 6.85. The van der Waals surface area contributed by atoms with E-state index in [9.17, 15) is 13.2 Å². The average Bonchev–Trinajstić information content (AvgIpc) is 3.26. The standard InChI is InChI=1S/C22H21N3O4S/c1-16-8-9-20(30(27,28)24-14-19-7-4-10-29-19)12-21(16)22(26)25(2)15-18-6-3-5-17(11-18)13-23/h3-12,24H,14-15H2,1-2H3. The molecule has 1 aromatic heterocycles. The molecule has 0 fully saturated rings. The number of hydrogen-bond donors (Lipinski definition) is 1. The number of nitriles is 1. The van der Waals surface area contributed by atoms with Gasteiger partial charge >= 0.3 is 0 Å². The first-order chi connectivity index (χ1) is 14.3. The highest BCUT2D eigenvalue weighted by atomic mass is 32.2. The summed E-state index contributed by atoms with van der Waals surface area (Å²) in [5.74, 6) is 0.180. The minimum Gasteiger partial charge on any atom is -0.468 e. The van der Waals surface area contributed by atoms with E-state index in [0.717, 1.165) is 5.56 Å². The van der Waals surface area contributed by atoms with Gasteiger partial charge in [-0.25, -0.2) is 13.1 Å². The van der Waals surface area contributed by atoms with Crippen LogP contribution in [0.2, 0.25) is 0 Å². The summed E-state index contributed by atoms with van der Waals surface area (Å²) in [7, 11) is -2.18. The molecule has 0 aliphatic rings. The van der Waals surface area contributed by atoms with Crippen molar-refractivity contribution in [1.82, 2.24) is 9.62 Å². The maximum Gasteiger partial charge on any atom is 0.254 e. The monoisotopic (exact) mass is 423 g/mol. The van der Waals surface area contributed by atoms with Crippen LogP contribution in [0.5, 0.6) is 0 Å². The van der Waals surface area contributed by atoms with Crippen LogP contribution in [0.3, 0.4) is 0 Å². The summed E-state index contributed by atoms with van der Waals surface area (Å²) >= 11 is 0. The summed E-state index contributed by atoms with van der Waals surface area (Å²) in [4.78, 5) is 14.5. The van der Waals surface area contributed by atoms with Crippen molar-refractivity contribution in [2.45, 2.75) is 24.9 Å². The van der Waals surface area contributed by atoms with Gasteiger partial charge in [0.05, 0.1) is 29.3 Å². The third kappa shape index (κ3) is 4.95. The molecule has 0 spiro atoms. The Kier molecular flexibility index (Phi) is 6.35. The SMILES string of the molecule is Cc1ccc(S(=O)(=O)NCc2ccco2)cc1C(=O)N(C)Cc1cccc(C#N)c1. The largest absolute Gasteiger partial charge is 0.468 e. The second-order valence-corrected chi connectivity index (χ2v) is 8.62. The predicted molar refractivity (Wildman–Crippen MR) is 111 cm³/mol. The Morgan fingerprint density at radius 1 is 1.17 bits per heavy atom. The van der Waals surface area contributed by atoms with Crippen LogP contribution >= 0.6 is 0 Å². The fraction of sp³-hybridized carbons (Fsp3) is 0.182. The van der Waals surface area contributed by atoms with Gasteiger partial charge in [0.2, 0.25) is 10.0 Å². The first kappa shape index (κ1) is 21.3. The molecule has 0 unspecified atom stereocenters. The van der Waals surface area contributed by atoms with Crippen molar-refractivity contribution >= 4 is 15.9 Å². The number of hydrogen-bond acceptors (Lipinski definition) is 5. The number of sulfonamides is 1. The van der Waals surface area contributed by atoms with E-state index in [2.05, 4.69) is 10.8 Å². The molecule has 7 nitrogen and oxygen atoms in total. The van der Waals surface area contributed by atoms with Crippen molar-refractivity contribution in [3.05, 3.63) is 88.9 Å². The molecule has 30 heavy (non-hydrogen) atoms. The number of amides is 1. The maximum atomic E-state index is 13.0. The van der Waals surface area contributed by atoms with Crippen LogP contribution in [0.4, 0.5) is 0 Å². The number of nitrogens with one attached hydrogen (secondary N) is 1. The first-order valence-electron chi connectivity index (χ1n) is 9.17. The van der Waals surface area contributed by atoms with Crippen LogP contribution in [0.25, 0.3) is 0 Å². The van der Waals surface area contributed by atoms with Crippen molar-refractivity contribution in [3.63, 3.8) is 0 Å². The molecule has 3 rings (SSSR count). The summed E-state index contributed by atoms with van der Waals surface area (Å²) < 4.78 is 32.9. The zero-order valence-electron chi connectivity index (χ0n) is 16.6. The van der Waals surface area contributed by atoms with E-state index in [1.807, 2.05) is 6.07 Å². The minimum absolute atomic E-state index is 0.00267. The lowest BCUT2D eigenvalue weighted by Gasteiger charge is -2.19. The van der Waals surface area contributed by atoms with E-state index in [-0.39, 0.29) is 17.3 Å². The van der Waals surface area contributed by atoms with Gasteiger partial charge in [-0.2, -0.15) is 5.26 Å². The summed E-state index contributed by atoms with van der Waals surface area (Å²) in [6.07, 6.45) is 1.47. The molecule has 0 atom stereocenters. The number of aryl methyl sites for hydroxylation is 1. The van der Waals surface area contributed by atoms with Crippen molar-refractivity contribution in [1.29, 1.82) is 5.26 Å². The molecule has 154 valence electrons. The number of furan rings is 1. The van der Waals surface area contributed by atoms with Gasteiger partial charge in [0.1, 0.15) is 5.76 Å². The third-order valence-electron chi connectivity index (χ3n) is 4.59. The van der Waals surface area contributed by atoms with E-state index in [1.165, 1.54) is 23.3 Å². The fourth-order valence-corrected chi connectivity index (χ4v) is 3.97. The summed E-state index contributed by atoms with van der Waals surface area (Å²) in [5, 5.41) is 9.03. The number of carbonyl (C=O) groups is 1. The highest BCUT2D eigenvalue weighted by Crippen LogP contribution is 2.19. The Bertz CT molecular complexity index is 1200. The van der Waals surface area contributed by atoms with Crippen molar-refractivity contribution in [3.8, 4) is 6.07 Å². The lowest BCUT2D eigenvalue weighted by atomic mass is 10.1. The van der Waals surface area contributed by atoms with Gasteiger partial charge in [-0.1, -0.05) is 18.2 Å². The number of carbonyl (C=O) groups excluding carboxylic acids is 1. The van der Waals surface area contributed by atoms with Crippen LogP contribution in [-0.2, 0) is 23.1 Å². The van der Waals surface area contributed by atoms with Gasteiger partial charge in [0.15, 0.2) is 0 Å². The van der Waals surface area contributed by atoms with Crippen LogP contribution < -0.4 is 4.72 Å². The quantitative estimate of drug-likeness (QED) is 0.628. The van der Waals surface area contributed by atoms with Gasteiger partial charge in [-0.15, -0.1) is 0 Å². The van der Waals surface area contributed by atoms with E-state index < -0.39 is 10.0 Å². The molecular formula is C22H21N3O4S. The van der Waals surface area contributed by atoms with Gasteiger partial charge < -0.3 is 9.32 Å². The first-order valence-corrected chi connectivity index (χ1v) is 10.7. The predicted octanol–water partition coefficient (Wildman–Crippen LogP) is 3.21. The summed E-state index contributed by atoms with van der Waals surface area (Å²) in [6.45, 7) is 2.06. The second kappa shape index (κ2) is 8.95. The summed E-state index contributed by atoms with van der Waals surface area (Å²) in [5.41, 5.74) is 2.30. The number of nitrogens with zero attached hydrogens (tertiary/aromatic N) is 2. The molecule has 3 aromatic rings. The molecule has 2 aromatic carbocycles. The molecule has 1 N–H and O–H groups in total. The van der Waals surface area contributed by atoms with Crippen LogP contribution in [0, 0.1) is 18.3 Å². The molecule has 8 heteroatoms. The topological polar surface area (TPSA) is 103 Å². The Morgan fingerprint density at radius 3 is 2.67 bits per heavy atom. The average molecular weight is 423 g/mol. The number of rotatable bonds is 7. The van der Waals surface area contributed by atoms with Crippen LogP contribution in [-0.4, -0.2) is 26.3 Å². The van der Waals surface area contributed by atoms with Crippen molar-refractivity contribution in [2.75, 3.05) is 7.05 Å². The van der Waals surface area contributed by atoms with Crippen LogP contribution in [0.15, 0.2) is 70.2 Å². The highest BCUT2D eigenvalue weighted by Gasteiger charge is 2.20. The fourth-order valence-electron chi connectivity index (χ4n) is 2.95. The molecule has 0 aliphatic carbocycles. The van der Waals surface area contributed by atoms with E-state index in [0.29, 0.717) is 29.0 Å². The molecule has 1 amide bonds. The van der Waals surface area contributed by atoms with E-state index in [4.69, 9.17) is 9.68 Å². The molecule has 0 radical (unpaired) electrons. The molecule has 0 saturated carbocycles. The number of benzene rings is 2. The van der Waals surface area contributed by atoms with Gasteiger partial charge in [0, 0.05) is 19.2 Å². The Hall–Kier alpha value is -3.41. The highest BCUT2D eigenvalue weighted by molar-refractivity contribution is 7.89. The molecule has 0 aliphatic heterocycles. The Labute approximate surface area is 175 Å². The van der Waals surface area contributed by atoms with E-state index >= 15 is 0 Å².